The number of nitrogens with two attached hydrogens (primary N) is 2. The van der Waals surface area contributed by atoms with Crippen LogP contribution in [-0.4, -0.2) is 21.6 Å². The van der Waals surface area contributed by atoms with Crippen molar-refractivity contribution >= 4 is 22.0 Å². The zero-order valence-electron chi connectivity index (χ0n) is 14.5. The Labute approximate surface area is 159 Å². The third kappa shape index (κ3) is 7.25. The highest BCUT2D eigenvalue weighted by molar-refractivity contribution is 7.97. The van der Waals surface area contributed by atoms with Gasteiger partial charge in [-0.05, 0) is 86.2 Å². The Morgan fingerprint density at radius 1 is 0.769 bits per heavy atom. The van der Waals surface area contributed by atoms with Crippen LogP contribution in [0.1, 0.15) is 25.7 Å². The smallest absolute Gasteiger partial charge is 0.238 e. The van der Waals surface area contributed by atoms with Crippen molar-refractivity contribution in [1.82, 2.24) is 0 Å². The van der Waals surface area contributed by atoms with Crippen molar-refractivity contribution in [2.75, 3.05) is 13.2 Å². The van der Waals surface area contributed by atoms with E-state index in [0.717, 1.165) is 36.3 Å². The van der Waals surface area contributed by atoms with Crippen LogP contribution in [0.4, 0.5) is 0 Å². The second-order valence-corrected chi connectivity index (χ2v) is 7.99. The van der Waals surface area contributed by atoms with Gasteiger partial charge >= 0.3 is 0 Å². The van der Waals surface area contributed by atoms with Crippen LogP contribution in [0.3, 0.4) is 0 Å². The van der Waals surface area contributed by atoms with Crippen molar-refractivity contribution in [1.29, 1.82) is 0 Å². The van der Waals surface area contributed by atoms with E-state index in [9.17, 15) is 8.42 Å². The highest BCUT2D eigenvalue weighted by atomic mass is 32.2. The molecule has 26 heavy (non-hydrogen) atoms. The molecule has 0 fully saturated rings. The largest absolute Gasteiger partial charge is 0.494 e. The predicted molar refractivity (Wildman–Crippen MR) is 104 cm³/mol. The van der Waals surface area contributed by atoms with Gasteiger partial charge in [-0.25, -0.2) is 13.6 Å². The molecule has 0 aliphatic carbocycles. The van der Waals surface area contributed by atoms with E-state index in [2.05, 4.69) is 0 Å². The number of hydrogen-bond donors (Lipinski definition) is 2. The summed E-state index contributed by atoms with van der Waals surface area (Å²) in [4.78, 5) is 1.10. The minimum atomic E-state index is -3.66. The van der Waals surface area contributed by atoms with Crippen LogP contribution in [0.2, 0.25) is 0 Å². The number of rotatable bonds is 11. The van der Waals surface area contributed by atoms with Gasteiger partial charge in [0.1, 0.15) is 11.5 Å². The highest BCUT2D eigenvalue weighted by Crippen LogP contribution is 2.18. The van der Waals surface area contributed by atoms with E-state index >= 15 is 0 Å². The lowest BCUT2D eigenvalue weighted by atomic mass is 10.2. The number of ether oxygens (including phenoxy) is 2. The van der Waals surface area contributed by atoms with Crippen molar-refractivity contribution < 1.29 is 17.9 Å². The summed E-state index contributed by atoms with van der Waals surface area (Å²) in [7, 11) is -3.66. The Morgan fingerprint density at radius 3 is 1.65 bits per heavy atom. The summed E-state index contributed by atoms with van der Waals surface area (Å²) in [5, 5.41) is 10.5. The monoisotopic (exact) mass is 396 g/mol. The molecule has 2 rings (SSSR count). The zero-order valence-corrected chi connectivity index (χ0v) is 16.1. The van der Waals surface area contributed by atoms with E-state index in [1.807, 2.05) is 24.3 Å². The molecule has 2 aromatic rings. The fraction of sp³-hybridized carbons (Fsp3) is 0.333. The van der Waals surface area contributed by atoms with Crippen LogP contribution >= 0.6 is 11.9 Å². The molecule has 0 spiro atoms. The maximum Gasteiger partial charge on any atom is 0.238 e. The first-order chi connectivity index (χ1) is 12.5. The molecule has 0 amide bonds. The lowest BCUT2D eigenvalue weighted by molar-refractivity contribution is 0.287. The van der Waals surface area contributed by atoms with E-state index in [4.69, 9.17) is 19.8 Å². The lowest BCUT2D eigenvalue weighted by Gasteiger charge is -2.08. The van der Waals surface area contributed by atoms with Crippen LogP contribution in [0, 0.1) is 0 Å². The molecular formula is C18H24N2O4S2. The number of unbranched alkanes of at least 4 members (excludes halogenated alkanes) is 3. The molecule has 0 radical (unpaired) electrons. The first-order valence-electron chi connectivity index (χ1n) is 8.34. The first kappa shape index (κ1) is 20.6. The van der Waals surface area contributed by atoms with Gasteiger partial charge in [-0.15, -0.1) is 0 Å². The molecule has 0 saturated heterocycles. The summed E-state index contributed by atoms with van der Waals surface area (Å²) in [6.07, 6.45) is 4.02. The molecule has 0 heterocycles. The molecular weight excluding hydrogens is 372 g/mol. The number of primary sulfonamides is 1. The third-order valence-corrected chi connectivity index (χ3v) is 5.16. The molecule has 4 N–H and O–H groups in total. The molecule has 6 nitrogen and oxygen atoms in total. The Balaban J connectivity index is 1.54. The van der Waals surface area contributed by atoms with E-state index in [1.165, 1.54) is 24.1 Å². The van der Waals surface area contributed by atoms with Gasteiger partial charge in [0.25, 0.3) is 0 Å². The summed E-state index contributed by atoms with van der Waals surface area (Å²) < 4.78 is 33.6. The molecule has 0 bridgehead atoms. The number of sulfonamides is 1. The van der Waals surface area contributed by atoms with Crippen molar-refractivity contribution in [3.63, 3.8) is 0 Å². The second kappa shape index (κ2) is 10.4. The van der Waals surface area contributed by atoms with Gasteiger partial charge in [0.05, 0.1) is 18.1 Å². The van der Waals surface area contributed by atoms with Crippen LogP contribution in [0.15, 0.2) is 58.3 Å². The van der Waals surface area contributed by atoms with Crippen molar-refractivity contribution in [3.8, 4) is 11.5 Å². The third-order valence-electron chi connectivity index (χ3n) is 3.69. The lowest BCUT2D eigenvalue weighted by Crippen LogP contribution is -2.11. The normalized spacial score (nSPS) is 11.3. The van der Waals surface area contributed by atoms with Crippen LogP contribution in [0.25, 0.3) is 0 Å². The van der Waals surface area contributed by atoms with Crippen LogP contribution in [-0.2, 0) is 10.0 Å². The van der Waals surface area contributed by atoms with E-state index < -0.39 is 10.0 Å². The van der Waals surface area contributed by atoms with Gasteiger partial charge < -0.3 is 9.47 Å². The van der Waals surface area contributed by atoms with Gasteiger partial charge in [0.2, 0.25) is 10.0 Å². The minimum absolute atomic E-state index is 0.0845. The maximum atomic E-state index is 11.2. The summed E-state index contributed by atoms with van der Waals surface area (Å²) in [5.74, 6) is 1.49. The molecule has 0 aliphatic rings. The Kier molecular flexibility index (Phi) is 8.24. The highest BCUT2D eigenvalue weighted by Gasteiger charge is 2.06. The zero-order chi connectivity index (χ0) is 18.8. The summed E-state index contributed by atoms with van der Waals surface area (Å²) in [6.45, 7) is 1.28. The average molecular weight is 397 g/mol. The van der Waals surface area contributed by atoms with E-state index in [-0.39, 0.29) is 4.90 Å². The van der Waals surface area contributed by atoms with E-state index in [0.29, 0.717) is 19.0 Å². The molecule has 142 valence electrons. The Hall–Kier alpha value is -1.74. The van der Waals surface area contributed by atoms with Crippen LogP contribution < -0.4 is 19.8 Å². The van der Waals surface area contributed by atoms with Gasteiger partial charge in [0.15, 0.2) is 0 Å². The number of benzene rings is 2. The fourth-order valence-corrected chi connectivity index (χ4v) is 3.09. The van der Waals surface area contributed by atoms with Gasteiger partial charge in [-0.1, -0.05) is 0 Å². The molecule has 2 aromatic carbocycles. The minimum Gasteiger partial charge on any atom is -0.494 e. The fourth-order valence-electron chi connectivity index (χ4n) is 2.28. The predicted octanol–water partition coefficient (Wildman–Crippen LogP) is 3.32. The van der Waals surface area contributed by atoms with E-state index in [1.54, 1.807) is 12.1 Å². The Bertz CT molecular complexity index is 763. The van der Waals surface area contributed by atoms with Crippen molar-refractivity contribution in [2.45, 2.75) is 35.5 Å². The topological polar surface area (TPSA) is 105 Å². The van der Waals surface area contributed by atoms with Crippen LogP contribution in [0.5, 0.6) is 11.5 Å². The molecule has 0 aromatic heterocycles. The SMILES string of the molecule is NSc1ccc(OCCCCCCOc2ccc(S(N)(=O)=O)cc2)cc1. The average Bonchev–Trinajstić information content (AvgIpc) is 2.64. The van der Waals surface area contributed by atoms with Gasteiger partial charge in [0, 0.05) is 4.90 Å². The van der Waals surface area contributed by atoms with Crippen molar-refractivity contribution in [3.05, 3.63) is 48.5 Å². The number of hydrogen-bond acceptors (Lipinski definition) is 6. The molecule has 0 atom stereocenters. The first-order valence-corrected chi connectivity index (χ1v) is 10.8. The molecule has 0 unspecified atom stereocenters. The summed E-state index contributed by atoms with van der Waals surface area (Å²) >= 11 is 1.22. The van der Waals surface area contributed by atoms with Crippen molar-refractivity contribution in [2.24, 2.45) is 10.3 Å². The van der Waals surface area contributed by atoms with Gasteiger partial charge in [-0.3, -0.25) is 5.14 Å². The Morgan fingerprint density at radius 2 is 1.23 bits per heavy atom. The summed E-state index contributed by atoms with van der Waals surface area (Å²) in [5.41, 5.74) is 0. The molecule has 8 heteroatoms. The van der Waals surface area contributed by atoms with Gasteiger partial charge in [-0.2, -0.15) is 0 Å². The molecule has 0 aliphatic heterocycles. The maximum absolute atomic E-state index is 11.2. The molecule has 0 saturated carbocycles. The second-order valence-electron chi connectivity index (χ2n) is 5.72. The quantitative estimate of drug-likeness (QED) is 0.446. The standard InChI is InChI=1S/C18H24N2O4S2/c19-25-17-9-5-15(6-10-17)23-13-3-1-2-4-14-24-16-7-11-18(12-8-16)26(20,21)22/h5-12H,1-4,13-14,19H2,(H2,20,21,22). The summed E-state index contributed by atoms with van der Waals surface area (Å²) in [6, 6.07) is 13.8.